The number of halogens is 3. The summed E-state index contributed by atoms with van der Waals surface area (Å²) >= 11 is 0. The summed E-state index contributed by atoms with van der Waals surface area (Å²) in [6.07, 6.45) is -4.50. The molecule has 20 heavy (non-hydrogen) atoms. The first-order valence-corrected chi connectivity index (χ1v) is 6.88. The molecular formula is C13H9F3O3S. The Hall–Kier alpha value is -1.86. The van der Waals surface area contributed by atoms with Gasteiger partial charge in [0.1, 0.15) is 0 Å². The fourth-order valence-corrected chi connectivity index (χ4v) is 2.27. The summed E-state index contributed by atoms with van der Waals surface area (Å²) in [5, 5.41) is 0. The van der Waals surface area contributed by atoms with Gasteiger partial charge in [0.15, 0.2) is 0 Å². The van der Waals surface area contributed by atoms with Gasteiger partial charge in [0, 0.05) is 0 Å². The van der Waals surface area contributed by atoms with Crippen LogP contribution in [-0.2, 0) is 16.3 Å². The van der Waals surface area contributed by atoms with E-state index >= 15 is 0 Å². The molecule has 106 valence electrons. The quantitative estimate of drug-likeness (QED) is 0.862. The Labute approximate surface area is 113 Å². The van der Waals surface area contributed by atoms with Gasteiger partial charge in [-0.2, -0.15) is 21.6 Å². The van der Waals surface area contributed by atoms with Crippen molar-refractivity contribution < 1.29 is 26.1 Å². The zero-order valence-corrected chi connectivity index (χ0v) is 10.7. The average molecular weight is 302 g/mol. The average Bonchev–Trinajstić information content (AvgIpc) is 2.37. The smallest absolute Gasteiger partial charge is 0.282 e. The largest absolute Gasteiger partial charge is 0.417 e. The van der Waals surface area contributed by atoms with Crippen LogP contribution >= 0.6 is 0 Å². The Morgan fingerprint density at radius 3 is 1.95 bits per heavy atom. The summed E-state index contributed by atoms with van der Waals surface area (Å²) in [4.78, 5) is -0.370. The first-order valence-electron chi connectivity index (χ1n) is 5.44. The Morgan fingerprint density at radius 1 is 0.900 bits per heavy atom. The summed E-state index contributed by atoms with van der Waals surface area (Å²) in [6.45, 7) is 0. The lowest BCUT2D eigenvalue weighted by Gasteiger charge is -2.12. The predicted octanol–water partition coefficient (Wildman–Crippen LogP) is 3.62. The molecule has 2 aromatic carbocycles. The van der Waals surface area contributed by atoms with Gasteiger partial charge in [-0.15, -0.1) is 0 Å². The van der Waals surface area contributed by atoms with Crippen molar-refractivity contribution in [2.24, 2.45) is 0 Å². The predicted molar refractivity (Wildman–Crippen MR) is 66.7 cm³/mol. The lowest BCUT2D eigenvalue weighted by Crippen LogP contribution is -2.07. The van der Waals surface area contributed by atoms with Gasteiger partial charge >= 0.3 is 6.18 Å². The maximum atomic E-state index is 12.9. The molecule has 0 radical (unpaired) electrons. The van der Waals surface area contributed by atoms with E-state index in [1.165, 1.54) is 30.3 Å². The zero-order valence-electron chi connectivity index (χ0n) is 9.92. The van der Waals surface area contributed by atoms with E-state index in [0.717, 1.165) is 18.2 Å². The van der Waals surface area contributed by atoms with Crippen LogP contribution in [0.1, 0.15) is 5.56 Å². The molecule has 0 saturated carbocycles. The second kappa shape index (κ2) is 4.92. The Morgan fingerprint density at radius 2 is 1.45 bits per heavy atom. The summed E-state index contributed by atoms with van der Waals surface area (Å²) in [5.74, 6) is 0. The van der Waals surface area contributed by atoms with Gasteiger partial charge in [-0.25, -0.2) is 0 Å². The molecule has 0 atom stereocenters. The second-order valence-corrected chi connectivity index (χ2v) is 5.46. The summed E-state index contributed by atoms with van der Waals surface area (Å²) in [7, 11) is -4.36. The van der Waals surface area contributed by atoms with E-state index in [1.807, 2.05) is 0 Å². The number of alkyl halides is 3. The molecule has 0 unspecified atom stereocenters. The lowest BCUT2D eigenvalue weighted by molar-refractivity contribution is -0.137. The monoisotopic (exact) mass is 302 g/mol. The molecule has 0 amide bonds. The summed E-state index contributed by atoms with van der Waals surface area (Å²) in [5.41, 5.74) is -0.646. The highest BCUT2D eigenvalue weighted by Crippen LogP contribution is 2.36. The molecule has 7 heteroatoms. The van der Waals surface area contributed by atoms with Crippen LogP contribution in [0.4, 0.5) is 13.2 Å². The summed E-state index contributed by atoms with van der Waals surface area (Å²) < 4.78 is 69.2. The SMILES string of the molecule is O=S(=O)(O)c1ccc(-c2ccccc2C(F)(F)F)cc1. The minimum Gasteiger partial charge on any atom is -0.282 e. The van der Waals surface area contributed by atoms with Crippen LogP contribution < -0.4 is 0 Å². The van der Waals surface area contributed by atoms with Crippen molar-refractivity contribution in [2.75, 3.05) is 0 Å². The molecule has 0 aliphatic heterocycles. The van der Waals surface area contributed by atoms with Crippen molar-refractivity contribution in [3.63, 3.8) is 0 Å². The topological polar surface area (TPSA) is 54.4 Å². The van der Waals surface area contributed by atoms with Crippen LogP contribution in [-0.4, -0.2) is 13.0 Å². The van der Waals surface area contributed by atoms with Crippen molar-refractivity contribution in [1.82, 2.24) is 0 Å². The van der Waals surface area contributed by atoms with Crippen LogP contribution in [0.5, 0.6) is 0 Å². The van der Waals surface area contributed by atoms with E-state index in [-0.39, 0.29) is 16.0 Å². The molecular weight excluding hydrogens is 293 g/mol. The molecule has 0 spiro atoms. The number of benzene rings is 2. The summed E-state index contributed by atoms with van der Waals surface area (Å²) in [6, 6.07) is 9.52. The minimum atomic E-state index is -4.50. The first-order chi connectivity index (χ1) is 9.19. The Bertz CT molecular complexity index is 719. The molecule has 3 nitrogen and oxygen atoms in total. The highest BCUT2D eigenvalue weighted by molar-refractivity contribution is 7.85. The van der Waals surface area contributed by atoms with Gasteiger partial charge in [0.2, 0.25) is 0 Å². The standard InChI is InChI=1S/C13H9F3O3S/c14-13(15,16)12-4-2-1-3-11(12)9-5-7-10(8-6-9)20(17,18)19/h1-8H,(H,17,18,19). The van der Waals surface area contributed by atoms with Crippen LogP contribution in [0.2, 0.25) is 0 Å². The second-order valence-electron chi connectivity index (χ2n) is 4.04. The van der Waals surface area contributed by atoms with Gasteiger partial charge in [-0.3, -0.25) is 4.55 Å². The maximum absolute atomic E-state index is 12.9. The fourth-order valence-electron chi connectivity index (χ4n) is 1.79. The van der Waals surface area contributed by atoms with E-state index in [9.17, 15) is 21.6 Å². The van der Waals surface area contributed by atoms with Gasteiger partial charge in [0.05, 0.1) is 10.5 Å². The van der Waals surface area contributed by atoms with Crippen LogP contribution in [0.15, 0.2) is 53.4 Å². The Kier molecular flexibility index (Phi) is 3.58. The van der Waals surface area contributed by atoms with Crippen molar-refractivity contribution in [2.45, 2.75) is 11.1 Å². The van der Waals surface area contributed by atoms with Crippen LogP contribution in [0, 0.1) is 0 Å². The highest BCUT2D eigenvalue weighted by Gasteiger charge is 2.33. The number of rotatable bonds is 2. The van der Waals surface area contributed by atoms with E-state index in [4.69, 9.17) is 4.55 Å². The first kappa shape index (κ1) is 14.5. The third-order valence-electron chi connectivity index (χ3n) is 2.70. The zero-order chi connectivity index (χ0) is 15.0. The van der Waals surface area contributed by atoms with Gasteiger partial charge in [0.25, 0.3) is 10.1 Å². The Balaban J connectivity index is 2.53. The number of hydrogen-bond donors (Lipinski definition) is 1. The van der Waals surface area contributed by atoms with Gasteiger partial charge in [-0.1, -0.05) is 30.3 Å². The van der Waals surface area contributed by atoms with E-state index < -0.39 is 21.9 Å². The van der Waals surface area contributed by atoms with Crippen LogP contribution in [0.25, 0.3) is 11.1 Å². The molecule has 2 rings (SSSR count). The minimum absolute atomic E-state index is 0.0538. The fraction of sp³-hybridized carbons (Fsp3) is 0.0769. The van der Waals surface area contributed by atoms with Crippen LogP contribution in [0.3, 0.4) is 0 Å². The van der Waals surface area contributed by atoms with Crippen molar-refractivity contribution in [3.8, 4) is 11.1 Å². The molecule has 1 N–H and O–H groups in total. The maximum Gasteiger partial charge on any atom is 0.417 e. The van der Waals surface area contributed by atoms with Crippen molar-refractivity contribution >= 4 is 10.1 Å². The number of hydrogen-bond acceptors (Lipinski definition) is 2. The lowest BCUT2D eigenvalue weighted by atomic mass is 9.99. The molecule has 0 aromatic heterocycles. The molecule has 0 fully saturated rings. The van der Waals surface area contributed by atoms with Crippen molar-refractivity contribution in [3.05, 3.63) is 54.1 Å². The van der Waals surface area contributed by atoms with E-state index in [0.29, 0.717) is 0 Å². The molecule has 0 bridgehead atoms. The molecule has 0 aliphatic carbocycles. The third kappa shape index (κ3) is 3.00. The van der Waals surface area contributed by atoms with E-state index in [2.05, 4.69) is 0 Å². The van der Waals surface area contributed by atoms with Gasteiger partial charge in [-0.05, 0) is 29.3 Å². The van der Waals surface area contributed by atoms with Crippen molar-refractivity contribution in [1.29, 1.82) is 0 Å². The third-order valence-corrected chi connectivity index (χ3v) is 3.56. The highest BCUT2D eigenvalue weighted by atomic mass is 32.2. The van der Waals surface area contributed by atoms with E-state index in [1.54, 1.807) is 0 Å². The molecule has 2 aromatic rings. The van der Waals surface area contributed by atoms with Gasteiger partial charge < -0.3 is 0 Å². The molecule has 0 saturated heterocycles. The molecule has 0 heterocycles. The molecule has 0 aliphatic rings. The normalized spacial score (nSPS) is 12.4.